The van der Waals surface area contributed by atoms with Crippen molar-refractivity contribution < 1.29 is 54.5 Å². The summed E-state index contributed by atoms with van der Waals surface area (Å²) in [6.07, 6.45) is 2.31. The number of halogens is 7. The number of carbonyl (C=O) groups excluding carboxylic acids is 2. The molecule has 2 aromatic carbocycles. The summed E-state index contributed by atoms with van der Waals surface area (Å²) in [5.41, 5.74) is 1.89. The van der Waals surface area contributed by atoms with Gasteiger partial charge in [-0.05, 0) is 42.8 Å². The van der Waals surface area contributed by atoms with Gasteiger partial charge in [0.05, 0.1) is 24.1 Å². The number of anilines is 1. The zero-order valence-electron chi connectivity index (χ0n) is 26.8. The summed E-state index contributed by atoms with van der Waals surface area (Å²) >= 11 is 0. The van der Waals surface area contributed by atoms with E-state index in [0.717, 1.165) is 68.6 Å². The molecule has 0 spiro atoms. The number of nitrogens with zero attached hydrogens (tertiary/aromatic N) is 1. The summed E-state index contributed by atoms with van der Waals surface area (Å²) in [5.74, 6) is -6.21. The van der Waals surface area contributed by atoms with Crippen molar-refractivity contribution in [2.75, 3.05) is 11.9 Å². The van der Waals surface area contributed by atoms with Crippen molar-refractivity contribution in [1.82, 2.24) is 4.98 Å². The minimum Gasteiger partial charge on any atom is -0.490 e. The number of hydrogen-bond acceptors (Lipinski definition) is 6. The van der Waals surface area contributed by atoms with Crippen LogP contribution < -0.4 is 25.3 Å². The first-order chi connectivity index (χ1) is 23.2. The highest BCUT2D eigenvalue weighted by Gasteiger charge is 2.38. The van der Waals surface area contributed by atoms with E-state index in [9.17, 15) is 35.9 Å². The van der Waals surface area contributed by atoms with E-state index in [4.69, 9.17) is 15.2 Å². The Bertz CT molecular complexity index is 1530. The third-order valence-corrected chi connectivity index (χ3v) is 7.28. The number of alkyl halides is 6. The molecule has 1 heterocycles. The molecule has 0 radical (unpaired) electrons. The van der Waals surface area contributed by atoms with Crippen LogP contribution in [0.1, 0.15) is 104 Å². The number of unbranched alkanes of at least 4 members (excludes halogenated alkanes) is 10. The first-order valence-corrected chi connectivity index (χ1v) is 15.9. The molecule has 0 fully saturated rings. The maximum Gasteiger partial charge on any atom is 0.573 e. The molecule has 0 bridgehead atoms. The molecule has 0 saturated heterocycles. The highest BCUT2D eigenvalue weighted by atomic mass is 19.4. The van der Waals surface area contributed by atoms with Gasteiger partial charge in [-0.15, -0.1) is 13.2 Å². The Hall–Kier alpha value is -4.56. The van der Waals surface area contributed by atoms with Gasteiger partial charge in [0.25, 0.3) is 11.8 Å². The Labute approximate surface area is 279 Å². The first kappa shape index (κ1) is 38.9. The maximum absolute atomic E-state index is 15.4. The van der Waals surface area contributed by atoms with Crippen LogP contribution in [0.25, 0.3) is 0 Å². The van der Waals surface area contributed by atoms with Gasteiger partial charge in [0.15, 0.2) is 17.3 Å². The van der Waals surface area contributed by atoms with Crippen molar-refractivity contribution in [2.24, 2.45) is 5.73 Å². The highest BCUT2D eigenvalue weighted by molar-refractivity contribution is 6.06. The third kappa shape index (κ3) is 12.8. The van der Waals surface area contributed by atoms with Gasteiger partial charge in [-0.1, -0.05) is 71.1 Å². The summed E-state index contributed by atoms with van der Waals surface area (Å²) in [5, 5.41) is 2.18. The van der Waals surface area contributed by atoms with Crippen LogP contribution in [0.4, 0.5) is 36.4 Å². The van der Waals surface area contributed by atoms with Crippen LogP contribution in [-0.2, 0) is 6.18 Å². The molecule has 0 unspecified atom stereocenters. The number of rotatable bonds is 19. The molecule has 0 aliphatic rings. The largest absolute Gasteiger partial charge is 0.573 e. The molecule has 2 amide bonds. The Morgan fingerprint density at radius 1 is 0.796 bits per heavy atom. The van der Waals surface area contributed by atoms with Gasteiger partial charge in [0.2, 0.25) is 0 Å². The number of pyridine rings is 1. The summed E-state index contributed by atoms with van der Waals surface area (Å²) in [4.78, 5) is 28.1. The zero-order valence-corrected chi connectivity index (χ0v) is 26.8. The molecule has 8 nitrogen and oxygen atoms in total. The molecule has 0 aliphatic heterocycles. The average Bonchev–Trinajstić information content (AvgIpc) is 3.01. The molecular weight excluding hydrogens is 663 g/mol. The molecule has 3 rings (SSSR count). The van der Waals surface area contributed by atoms with Crippen LogP contribution >= 0.6 is 0 Å². The van der Waals surface area contributed by atoms with Crippen molar-refractivity contribution in [1.29, 1.82) is 0 Å². The molecule has 49 heavy (non-hydrogen) atoms. The lowest BCUT2D eigenvalue weighted by Gasteiger charge is -2.18. The minimum atomic E-state index is -5.19. The third-order valence-electron chi connectivity index (χ3n) is 7.28. The molecule has 3 N–H and O–H groups in total. The van der Waals surface area contributed by atoms with Crippen molar-refractivity contribution >= 4 is 17.5 Å². The van der Waals surface area contributed by atoms with E-state index in [1.165, 1.54) is 32.1 Å². The highest BCUT2D eigenvalue weighted by Crippen LogP contribution is 2.41. The second-order valence-corrected chi connectivity index (χ2v) is 11.2. The summed E-state index contributed by atoms with van der Waals surface area (Å²) in [6, 6.07) is 6.07. The lowest BCUT2D eigenvalue weighted by atomic mass is 10.1. The van der Waals surface area contributed by atoms with Crippen molar-refractivity contribution in [3.63, 3.8) is 0 Å². The van der Waals surface area contributed by atoms with E-state index >= 15 is 4.39 Å². The zero-order chi connectivity index (χ0) is 36.0. The fourth-order valence-electron chi connectivity index (χ4n) is 4.83. The van der Waals surface area contributed by atoms with E-state index < -0.39 is 52.8 Å². The van der Waals surface area contributed by atoms with E-state index in [2.05, 4.69) is 22.0 Å². The number of nitrogens with one attached hydrogen (secondary N) is 1. The van der Waals surface area contributed by atoms with E-state index in [-0.39, 0.29) is 29.5 Å². The van der Waals surface area contributed by atoms with Gasteiger partial charge >= 0.3 is 12.5 Å². The Morgan fingerprint density at radius 3 is 1.96 bits per heavy atom. The fraction of sp³-hybridized carbons (Fsp3) is 0.441. The molecular formula is C34H38F7N3O5. The summed E-state index contributed by atoms with van der Waals surface area (Å²) in [6.45, 7) is 2.21. The van der Waals surface area contributed by atoms with Crippen LogP contribution in [0.5, 0.6) is 23.0 Å². The predicted octanol–water partition coefficient (Wildman–Crippen LogP) is 9.97. The molecule has 1 aromatic heterocycles. The molecule has 0 atom stereocenters. The van der Waals surface area contributed by atoms with Gasteiger partial charge in [-0.2, -0.15) is 13.2 Å². The van der Waals surface area contributed by atoms with Crippen LogP contribution in [0, 0.1) is 5.82 Å². The van der Waals surface area contributed by atoms with Crippen molar-refractivity contribution in [3.8, 4) is 23.0 Å². The smallest absolute Gasteiger partial charge is 0.490 e. The van der Waals surface area contributed by atoms with Gasteiger partial charge in [-0.25, -0.2) is 9.37 Å². The maximum atomic E-state index is 15.4. The topological polar surface area (TPSA) is 113 Å². The Morgan fingerprint density at radius 2 is 1.41 bits per heavy atom. The van der Waals surface area contributed by atoms with Gasteiger partial charge in [0, 0.05) is 6.07 Å². The lowest BCUT2D eigenvalue weighted by Crippen LogP contribution is -2.19. The van der Waals surface area contributed by atoms with Crippen LogP contribution in [0.15, 0.2) is 48.7 Å². The van der Waals surface area contributed by atoms with Crippen molar-refractivity contribution in [2.45, 2.75) is 90.1 Å². The minimum absolute atomic E-state index is 0.0475. The average molecular weight is 702 g/mol. The van der Waals surface area contributed by atoms with Crippen molar-refractivity contribution in [3.05, 3.63) is 71.3 Å². The van der Waals surface area contributed by atoms with E-state index in [0.29, 0.717) is 18.6 Å². The SMILES string of the molecule is CCCCCCCCCCCCCOc1cc(OC(F)(F)F)ccc1Oc1ccc(C(F)(F)F)c(F)c1C(=O)Nc1ccc(C(N)=O)nc1. The van der Waals surface area contributed by atoms with Gasteiger partial charge in [0.1, 0.15) is 22.8 Å². The summed E-state index contributed by atoms with van der Waals surface area (Å²) < 4.78 is 110. The normalized spacial score (nSPS) is 11.7. The second kappa shape index (κ2) is 18.3. The fourth-order valence-corrected chi connectivity index (χ4v) is 4.83. The van der Waals surface area contributed by atoms with Crippen LogP contribution in [-0.4, -0.2) is 29.8 Å². The molecule has 0 saturated carbocycles. The van der Waals surface area contributed by atoms with Gasteiger partial charge in [-0.3, -0.25) is 9.59 Å². The molecule has 15 heteroatoms. The van der Waals surface area contributed by atoms with Crippen LogP contribution in [0.3, 0.4) is 0 Å². The Balaban J connectivity index is 1.79. The number of aromatic nitrogens is 1. The number of benzene rings is 2. The standard InChI is InChI=1S/C34H38F7N3O5/c1-2-3-4-5-6-7-8-9-10-11-12-19-47-28-20-23(49-34(39,40)41)14-17-26(28)48-27-18-15-24(33(36,37)38)30(35)29(27)32(46)44-22-13-16-25(31(42)45)43-21-22/h13-18,20-21H,2-12,19H2,1H3,(H2,42,45)(H,44,46). The van der Waals surface area contributed by atoms with E-state index in [1.807, 2.05) is 0 Å². The van der Waals surface area contributed by atoms with Crippen LogP contribution in [0.2, 0.25) is 0 Å². The molecule has 268 valence electrons. The second-order valence-electron chi connectivity index (χ2n) is 11.2. The Kier molecular flexibility index (Phi) is 14.5. The number of nitrogens with two attached hydrogens (primary N) is 1. The number of hydrogen-bond donors (Lipinski definition) is 2. The number of amides is 2. The monoisotopic (exact) mass is 701 g/mol. The first-order valence-electron chi connectivity index (χ1n) is 15.9. The molecule has 3 aromatic rings. The van der Waals surface area contributed by atoms with E-state index in [1.54, 1.807) is 0 Å². The van der Waals surface area contributed by atoms with Gasteiger partial charge < -0.3 is 25.3 Å². The molecule has 0 aliphatic carbocycles. The summed E-state index contributed by atoms with van der Waals surface area (Å²) in [7, 11) is 0. The number of ether oxygens (including phenoxy) is 3. The number of carbonyl (C=O) groups is 2. The quantitative estimate of drug-likeness (QED) is 0.0951. The number of primary amides is 1. The lowest BCUT2D eigenvalue weighted by molar-refractivity contribution is -0.274. The predicted molar refractivity (Wildman–Crippen MR) is 167 cm³/mol.